The molecule has 55 heavy (non-hydrogen) atoms. The largest absolute Gasteiger partial charge is 0.465 e. The first-order chi connectivity index (χ1) is 26.5. The number of carboxylic acid groups (broad SMARTS) is 1. The number of benzene rings is 2. The van der Waals surface area contributed by atoms with Crippen LogP contribution in [-0.2, 0) is 33.7 Å². The van der Waals surface area contributed by atoms with Gasteiger partial charge in [-0.15, -0.1) is 12.3 Å². The van der Waals surface area contributed by atoms with E-state index in [0.29, 0.717) is 25.3 Å². The van der Waals surface area contributed by atoms with Gasteiger partial charge < -0.3 is 40.2 Å². The van der Waals surface area contributed by atoms with Crippen LogP contribution in [0.25, 0.3) is 33.6 Å². The number of alkyl carbamates (subject to hydrolysis) is 1. The van der Waals surface area contributed by atoms with E-state index in [1.165, 1.54) is 12.7 Å². The topological polar surface area (TPSA) is 186 Å². The van der Waals surface area contributed by atoms with Crippen LogP contribution in [0.2, 0.25) is 0 Å². The van der Waals surface area contributed by atoms with Crippen LogP contribution >= 0.6 is 0 Å². The van der Waals surface area contributed by atoms with Crippen LogP contribution in [0.3, 0.4) is 0 Å². The predicted octanol–water partition coefficient (Wildman–Crippen LogP) is 5.67. The summed E-state index contributed by atoms with van der Waals surface area (Å²) in [5.41, 5.74) is 8.15. The molecule has 0 saturated carbocycles. The van der Waals surface area contributed by atoms with Gasteiger partial charge in [-0.3, -0.25) is 9.59 Å². The van der Waals surface area contributed by atoms with Gasteiger partial charge in [0.1, 0.15) is 23.7 Å². The van der Waals surface area contributed by atoms with Gasteiger partial charge in [-0.2, -0.15) is 0 Å². The fourth-order valence-electron chi connectivity index (χ4n) is 7.45. The lowest BCUT2D eigenvalue weighted by Gasteiger charge is -2.29. The van der Waals surface area contributed by atoms with Gasteiger partial charge in [0, 0.05) is 30.8 Å². The number of methoxy groups -OCH3 is 1. The van der Waals surface area contributed by atoms with Crippen molar-refractivity contribution < 1.29 is 29.0 Å². The van der Waals surface area contributed by atoms with Gasteiger partial charge in [0.15, 0.2) is 0 Å². The van der Waals surface area contributed by atoms with Gasteiger partial charge in [-0.1, -0.05) is 56.3 Å². The molecule has 288 valence electrons. The summed E-state index contributed by atoms with van der Waals surface area (Å²) in [4.78, 5) is 69.6. The molecule has 5 N–H and O–H groups in total. The number of carbonyl (C=O) groups excluding carboxylic acids is 3. The normalized spacial score (nSPS) is 15.9. The molecule has 4 amide bonds. The molecule has 2 aliphatic rings. The first-order valence-electron chi connectivity index (χ1n) is 18.7. The van der Waals surface area contributed by atoms with Gasteiger partial charge in [0.25, 0.3) is 0 Å². The van der Waals surface area contributed by atoms with E-state index in [1.54, 1.807) is 22.9 Å². The average Bonchev–Trinajstić information content (AvgIpc) is 3.93. The molecule has 6 rings (SSSR count). The molecular weight excluding hydrogens is 701 g/mol. The van der Waals surface area contributed by atoms with Gasteiger partial charge >= 0.3 is 12.2 Å². The van der Waals surface area contributed by atoms with Crippen molar-refractivity contribution >= 4 is 24.0 Å². The number of amides is 4. The van der Waals surface area contributed by atoms with Gasteiger partial charge in [-0.25, -0.2) is 19.6 Å². The fraction of sp³-hybridized carbons (Fsp3) is 0.415. The Morgan fingerprint density at radius 2 is 1.78 bits per heavy atom. The molecule has 0 spiro atoms. The highest BCUT2D eigenvalue weighted by molar-refractivity contribution is 5.86. The zero-order valence-corrected chi connectivity index (χ0v) is 31.6. The maximum Gasteiger partial charge on any atom is 0.407 e. The lowest BCUT2D eigenvalue weighted by molar-refractivity contribution is -0.135. The number of rotatable bonds is 12. The van der Waals surface area contributed by atoms with Gasteiger partial charge in [-0.05, 0) is 67.2 Å². The van der Waals surface area contributed by atoms with E-state index in [9.17, 15) is 24.3 Å². The van der Waals surface area contributed by atoms with Crippen molar-refractivity contribution in [3.05, 3.63) is 71.6 Å². The number of likely N-dealkylation sites (tertiary alicyclic amines) is 1. The smallest absolute Gasteiger partial charge is 0.407 e. The van der Waals surface area contributed by atoms with E-state index in [-0.39, 0.29) is 30.3 Å². The second kappa shape index (κ2) is 16.9. The molecule has 0 bridgehead atoms. The summed E-state index contributed by atoms with van der Waals surface area (Å²) < 4.78 is 4.63. The number of H-pyrrole nitrogens is 2. The third-order valence-electron chi connectivity index (χ3n) is 10.3. The fourth-order valence-corrected chi connectivity index (χ4v) is 7.45. The van der Waals surface area contributed by atoms with Gasteiger partial charge in [0.05, 0.1) is 37.3 Å². The van der Waals surface area contributed by atoms with E-state index in [1.807, 2.05) is 26.0 Å². The van der Waals surface area contributed by atoms with Crippen LogP contribution in [0, 0.1) is 18.3 Å². The SMILES string of the molecule is C#CCCN(Cc1ncc(-c2ccc(-c3ccc4c(c3)CCCc3[nH]c([C@@H]5CCCN5C(=O)[C@@H](NC(=O)O)C(C)C)nc3-4)cc2)[nH]1)C(=O)[C@H](C)NC(=O)OC. The van der Waals surface area contributed by atoms with Crippen molar-refractivity contribution in [3.63, 3.8) is 0 Å². The number of aromatic amines is 2. The zero-order valence-electron chi connectivity index (χ0n) is 31.6. The number of nitrogens with one attached hydrogen (secondary N) is 4. The Hall–Kier alpha value is -6.10. The van der Waals surface area contributed by atoms with Crippen molar-refractivity contribution in [3.8, 4) is 46.0 Å². The molecular formula is C41H48N8O6. The molecule has 0 unspecified atom stereocenters. The Labute approximate surface area is 320 Å². The van der Waals surface area contributed by atoms with Crippen LogP contribution in [0.15, 0.2) is 48.7 Å². The van der Waals surface area contributed by atoms with Crippen LogP contribution in [0.5, 0.6) is 0 Å². The van der Waals surface area contributed by atoms with Crippen molar-refractivity contribution in [2.45, 2.75) is 84.0 Å². The molecule has 4 aromatic rings. The summed E-state index contributed by atoms with van der Waals surface area (Å²) in [7, 11) is 1.24. The molecule has 1 saturated heterocycles. The maximum absolute atomic E-state index is 13.5. The average molecular weight is 749 g/mol. The van der Waals surface area contributed by atoms with Crippen LogP contribution < -0.4 is 10.6 Å². The number of fused-ring (bicyclic) bond motifs is 3. The first kappa shape index (κ1) is 38.6. The molecule has 1 aliphatic heterocycles. The number of aryl methyl sites for hydroxylation is 2. The third-order valence-corrected chi connectivity index (χ3v) is 10.3. The molecule has 14 heteroatoms. The first-order valence-corrected chi connectivity index (χ1v) is 18.7. The third kappa shape index (κ3) is 8.67. The highest BCUT2D eigenvalue weighted by Crippen LogP contribution is 2.38. The Kier molecular flexibility index (Phi) is 11.9. The van der Waals surface area contributed by atoms with E-state index < -0.39 is 24.3 Å². The predicted molar refractivity (Wildman–Crippen MR) is 206 cm³/mol. The Morgan fingerprint density at radius 3 is 2.49 bits per heavy atom. The molecule has 1 fully saturated rings. The highest BCUT2D eigenvalue weighted by Gasteiger charge is 2.38. The molecule has 3 atom stereocenters. The van der Waals surface area contributed by atoms with E-state index in [4.69, 9.17) is 11.4 Å². The number of hydrogen-bond donors (Lipinski definition) is 5. The second-order valence-corrected chi connectivity index (χ2v) is 14.4. The lowest BCUT2D eigenvalue weighted by Crippen LogP contribution is -2.50. The number of aromatic nitrogens is 4. The lowest BCUT2D eigenvalue weighted by atomic mass is 9.95. The second-order valence-electron chi connectivity index (χ2n) is 14.4. The number of hydrogen-bond acceptors (Lipinski definition) is 7. The van der Waals surface area contributed by atoms with E-state index in [0.717, 1.165) is 77.3 Å². The quantitative estimate of drug-likeness (QED) is 0.115. The molecule has 1 aliphatic carbocycles. The summed E-state index contributed by atoms with van der Waals surface area (Å²) >= 11 is 0. The molecule has 3 heterocycles. The molecule has 2 aromatic heterocycles. The minimum Gasteiger partial charge on any atom is -0.465 e. The number of carbonyl (C=O) groups is 4. The van der Waals surface area contributed by atoms with Crippen LogP contribution in [-0.4, -0.2) is 91.1 Å². The van der Waals surface area contributed by atoms with E-state index in [2.05, 4.69) is 66.6 Å². The monoisotopic (exact) mass is 748 g/mol. The van der Waals surface area contributed by atoms with Crippen molar-refractivity contribution in [1.29, 1.82) is 0 Å². The van der Waals surface area contributed by atoms with Crippen LogP contribution in [0.4, 0.5) is 9.59 Å². The summed E-state index contributed by atoms with van der Waals surface area (Å²) in [6, 6.07) is 12.8. The summed E-state index contributed by atoms with van der Waals surface area (Å²) in [5.74, 6) is 3.20. The van der Waals surface area contributed by atoms with E-state index >= 15 is 0 Å². The molecule has 14 nitrogen and oxygen atoms in total. The number of imidazole rings is 2. The number of terminal acetylenes is 1. The van der Waals surface area contributed by atoms with Gasteiger partial charge in [0.2, 0.25) is 11.8 Å². The molecule has 0 radical (unpaired) electrons. The summed E-state index contributed by atoms with van der Waals surface area (Å²) in [6.07, 6.45) is 9.94. The Bertz CT molecular complexity index is 2080. The summed E-state index contributed by atoms with van der Waals surface area (Å²) in [6.45, 7) is 6.34. The minimum atomic E-state index is -1.21. The highest BCUT2D eigenvalue weighted by atomic mass is 16.5. The Balaban J connectivity index is 1.17. The van der Waals surface area contributed by atoms with Crippen molar-refractivity contribution in [2.75, 3.05) is 20.2 Å². The summed E-state index contributed by atoms with van der Waals surface area (Å²) in [5, 5.41) is 14.3. The Morgan fingerprint density at radius 1 is 1.04 bits per heavy atom. The van der Waals surface area contributed by atoms with Crippen molar-refractivity contribution in [2.24, 2.45) is 5.92 Å². The van der Waals surface area contributed by atoms with Crippen molar-refractivity contribution in [1.82, 2.24) is 40.4 Å². The standard InChI is InChI=1S/C41H48N8O6/c1-6-7-19-48(38(50)25(4)43-41(54)55-5)23-34-42-22-32(44-34)27-15-13-26(14-16-27)28-17-18-30-29(21-28)10-8-11-31-36(30)46-37(45-31)33-12-9-20-49(33)39(51)35(24(2)3)47-40(52)53/h1,13-18,21-22,24-25,33,35,47H,7-12,19-20,23H2,2-5H3,(H,42,44)(H,43,54)(H,45,46)(H,52,53)/t25-,33-,35-/m0/s1. The van der Waals surface area contributed by atoms with Crippen LogP contribution in [0.1, 0.15) is 75.4 Å². The maximum atomic E-state index is 13.5. The minimum absolute atomic E-state index is 0.187. The number of ether oxygens (including phenoxy) is 1. The molecule has 2 aromatic carbocycles. The zero-order chi connectivity index (χ0) is 39.2. The number of nitrogens with zero attached hydrogens (tertiary/aromatic N) is 4.